The quantitative estimate of drug-likeness (QED) is 0.839. The van der Waals surface area contributed by atoms with Crippen molar-refractivity contribution in [3.63, 3.8) is 0 Å². The smallest absolute Gasteiger partial charge is 0.339 e. The average molecular weight is 328 g/mol. The maximum absolute atomic E-state index is 11.4. The fourth-order valence-electron chi connectivity index (χ4n) is 1.58. The number of aromatic carboxylic acids is 1. The van der Waals surface area contributed by atoms with Gasteiger partial charge in [0, 0.05) is 10.5 Å². The molecule has 1 amide bonds. The lowest BCUT2D eigenvalue weighted by atomic mass is 10.2. The number of amides is 1. The van der Waals surface area contributed by atoms with E-state index in [1.165, 1.54) is 6.07 Å². The second-order valence-corrected chi connectivity index (χ2v) is 5.30. The van der Waals surface area contributed by atoms with Crippen molar-refractivity contribution in [3.8, 4) is 5.75 Å². The normalized spacial score (nSPS) is 13.9. The van der Waals surface area contributed by atoms with E-state index < -0.39 is 5.97 Å². The van der Waals surface area contributed by atoms with Gasteiger partial charge in [0.25, 0.3) is 0 Å². The first-order valence-corrected chi connectivity index (χ1v) is 6.80. The summed E-state index contributed by atoms with van der Waals surface area (Å²) in [7, 11) is 0. The van der Waals surface area contributed by atoms with Gasteiger partial charge in [-0.15, -0.1) is 0 Å². The van der Waals surface area contributed by atoms with Crippen LogP contribution in [0.1, 0.15) is 29.6 Å². The molecule has 1 fully saturated rings. The van der Waals surface area contributed by atoms with Crippen LogP contribution in [0.4, 0.5) is 0 Å². The van der Waals surface area contributed by atoms with Gasteiger partial charge >= 0.3 is 5.97 Å². The minimum Gasteiger partial charge on any atom is -0.492 e. The van der Waals surface area contributed by atoms with E-state index in [-0.39, 0.29) is 30.2 Å². The summed E-state index contributed by atoms with van der Waals surface area (Å²) in [5.41, 5.74) is 0.0805. The molecule has 0 atom stereocenters. The minimum absolute atomic E-state index is 0.0588. The molecule has 2 rings (SSSR count). The predicted octanol–water partition coefficient (Wildman–Crippen LogP) is 2.19. The van der Waals surface area contributed by atoms with Crippen LogP contribution in [-0.2, 0) is 4.79 Å². The lowest BCUT2D eigenvalue weighted by Crippen LogP contribution is -2.26. The molecule has 0 heterocycles. The molecule has 1 aliphatic rings. The van der Waals surface area contributed by atoms with Crippen LogP contribution in [0, 0.1) is 0 Å². The Morgan fingerprint density at radius 1 is 1.42 bits per heavy atom. The van der Waals surface area contributed by atoms with Crippen LogP contribution >= 0.6 is 15.9 Å². The van der Waals surface area contributed by atoms with E-state index in [1.807, 2.05) is 0 Å². The molecule has 0 aromatic heterocycles. The molecule has 0 bridgehead atoms. The number of nitrogens with one attached hydrogen (secondary N) is 1. The van der Waals surface area contributed by atoms with Crippen molar-refractivity contribution in [2.75, 3.05) is 6.61 Å². The molecule has 1 aromatic rings. The number of hydrogen-bond donors (Lipinski definition) is 2. The number of rotatable bonds is 6. The first-order valence-electron chi connectivity index (χ1n) is 6.01. The zero-order valence-electron chi connectivity index (χ0n) is 10.2. The van der Waals surface area contributed by atoms with Gasteiger partial charge in [0.1, 0.15) is 11.3 Å². The van der Waals surface area contributed by atoms with Crippen LogP contribution in [0.15, 0.2) is 22.7 Å². The van der Waals surface area contributed by atoms with Crippen molar-refractivity contribution in [1.82, 2.24) is 5.32 Å². The van der Waals surface area contributed by atoms with Gasteiger partial charge in [-0.05, 0) is 31.0 Å². The summed E-state index contributed by atoms with van der Waals surface area (Å²) in [5.74, 6) is -0.842. The predicted molar refractivity (Wildman–Crippen MR) is 72.4 cm³/mol. The molecule has 0 unspecified atom stereocenters. The van der Waals surface area contributed by atoms with Gasteiger partial charge in [-0.1, -0.05) is 15.9 Å². The van der Waals surface area contributed by atoms with E-state index in [0.717, 1.165) is 12.8 Å². The number of hydrogen-bond acceptors (Lipinski definition) is 3. The number of benzene rings is 1. The van der Waals surface area contributed by atoms with Gasteiger partial charge in [0.15, 0.2) is 0 Å². The molecule has 5 nitrogen and oxygen atoms in total. The van der Waals surface area contributed by atoms with Crippen LogP contribution in [0.25, 0.3) is 0 Å². The summed E-state index contributed by atoms with van der Waals surface area (Å²) in [5, 5.41) is 11.9. The Balaban J connectivity index is 1.87. The zero-order chi connectivity index (χ0) is 13.8. The first-order chi connectivity index (χ1) is 9.06. The highest BCUT2D eigenvalue weighted by Gasteiger charge is 2.23. The van der Waals surface area contributed by atoms with Gasteiger partial charge in [0.2, 0.25) is 5.91 Å². The standard InChI is InChI=1S/C13H14BrNO4/c14-8-1-4-11(10(7-8)13(17)18)19-6-5-12(16)15-9-2-3-9/h1,4,7,9H,2-3,5-6H2,(H,15,16)(H,17,18). The largest absolute Gasteiger partial charge is 0.492 e. The Hall–Kier alpha value is -1.56. The summed E-state index contributed by atoms with van der Waals surface area (Å²) in [6, 6.07) is 5.08. The highest BCUT2D eigenvalue weighted by atomic mass is 79.9. The molecule has 6 heteroatoms. The van der Waals surface area contributed by atoms with Crippen molar-refractivity contribution in [3.05, 3.63) is 28.2 Å². The second kappa shape index (κ2) is 6.06. The highest BCUT2D eigenvalue weighted by Crippen LogP contribution is 2.23. The van der Waals surface area contributed by atoms with E-state index in [0.29, 0.717) is 10.5 Å². The van der Waals surface area contributed by atoms with Gasteiger partial charge in [0.05, 0.1) is 13.0 Å². The van der Waals surface area contributed by atoms with E-state index in [2.05, 4.69) is 21.2 Å². The third-order valence-electron chi connectivity index (χ3n) is 2.70. The maximum Gasteiger partial charge on any atom is 0.339 e. The summed E-state index contributed by atoms with van der Waals surface area (Å²) in [6.07, 6.45) is 2.32. The molecule has 1 aliphatic carbocycles. The molecular formula is C13H14BrNO4. The summed E-state index contributed by atoms with van der Waals surface area (Å²) in [6.45, 7) is 0.167. The molecule has 1 aromatic carbocycles. The van der Waals surface area contributed by atoms with Crippen molar-refractivity contribution in [2.24, 2.45) is 0 Å². The Morgan fingerprint density at radius 3 is 2.79 bits per heavy atom. The van der Waals surface area contributed by atoms with Crippen LogP contribution in [0.5, 0.6) is 5.75 Å². The third kappa shape index (κ3) is 4.24. The summed E-state index contributed by atoms with van der Waals surface area (Å²) >= 11 is 3.21. The topological polar surface area (TPSA) is 75.6 Å². The molecule has 2 N–H and O–H groups in total. The molecule has 1 saturated carbocycles. The van der Waals surface area contributed by atoms with Gasteiger partial charge in [-0.3, -0.25) is 4.79 Å². The number of carboxylic acids is 1. The minimum atomic E-state index is -1.06. The van der Waals surface area contributed by atoms with Crippen LogP contribution in [-0.4, -0.2) is 29.6 Å². The van der Waals surface area contributed by atoms with Crippen LogP contribution in [0.3, 0.4) is 0 Å². The lowest BCUT2D eigenvalue weighted by Gasteiger charge is -2.09. The zero-order valence-corrected chi connectivity index (χ0v) is 11.8. The maximum atomic E-state index is 11.4. The fourth-order valence-corrected chi connectivity index (χ4v) is 1.94. The van der Waals surface area contributed by atoms with E-state index in [4.69, 9.17) is 9.84 Å². The number of carbonyl (C=O) groups excluding carboxylic acids is 1. The van der Waals surface area contributed by atoms with Crippen molar-refractivity contribution in [1.29, 1.82) is 0 Å². The molecule has 0 saturated heterocycles. The molecular weight excluding hydrogens is 314 g/mol. The second-order valence-electron chi connectivity index (χ2n) is 4.39. The molecule has 19 heavy (non-hydrogen) atoms. The Labute approximate surface area is 119 Å². The fraction of sp³-hybridized carbons (Fsp3) is 0.385. The van der Waals surface area contributed by atoms with Crippen LogP contribution in [0.2, 0.25) is 0 Å². The third-order valence-corrected chi connectivity index (χ3v) is 3.19. The number of carboxylic acid groups (broad SMARTS) is 1. The number of carbonyl (C=O) groups is 2. The number of halogens is 1. The number of ether oxygens (including phenoxy) is 1. The average Bonchev–Trinajstić information content (AvgIpc) is 3.14. The Bertz CT molecular complexity index is 499. The van der Waals surface area contributed by atoms with Crippen molar-refractivity contribution in [2.45, 2.75) is 25.3 Å². The SMILES string of the molecule is O=C(CCOc1ccc(Br)cc1C(=O)O)NC1CC1. The summed E-state index contributed by atoms with van der Waals surface area (Å²) < 4.78 is 6.03. The van der Waals surface area contributed by atoms with Crippen molar-refractivity contribution >= 4 is 27.8 Å². The monoisotopic (exact) mass is 327 g/mol. The first kappa shape index (κ1) is 13.9. The molecule has 102 valence electrons. The van der Waals surface area contributed by atoms with Crippen LogP contribution < -0.4 is 10.1 Å². The molecule has 0 spiro atoms. The molecule has 0 aliphatic heterocycles. The molecule has 0 radical (unpaired) electrons. The van der Waals surface area contributed by atoms with Gasteiger partial charge < -0.3 is 15.2 Å². The van der Waals surface area contributed by atoms with E-state index >= 15 is 0 Å². The van der Waals surface area contributed by atoms with Gasteiger partial charge in [-0.25, -0.2) is 4.79 Å². The van der Waals surface area contributed by atoms with E-state index in [1.54, 1.807) is 12.1 Å². The van der Waals surface area contributed by atoms with E-state index in [9.17, 15) is 9.59 Å². The van der Waals surface area contributed by atoms with Crippen molar-refractivity contribution < 1.29 is 19.4 Å². The summed E-state index contributed by atoms with van der Waals surface area (Å²) in [4.78, 5) is 22.5. The lowest BCUT2D eigenvalue weighted by molar-refractivity contribution is -0.121. The van der Waals surface area contributed by atoms with Gasteiger partial charge in [-0.2, -0.15) is 0 Å². The highest BCUT2D eigenvalue weighted by molar-refractivity contribution is 9.10. The Kier molecular flexibility index (Phi) is 4.42. The Morgan fingerprint density at radius 2 is 2.16 bits per heavy atom.